The van der Waals surface area contributed by atoms with Gasteiger partial charge in [0.2, 0.25) is 0 Å². The molecule has 2 nitrogen and oxygen atoms in total. The van der Waals surface area contributed by atoms with Crippen LogP contribution >= 0.6 is 0 Å². The smallest absolute Gasteiger partial charge is 0.123 e. The number of nitrogens with two attached hydrogens (primary N) is 1. The highest BCUT2D eigenvalue weighted by molar-refractivity contribution is 5.96. The molecule has 2 heteroatoms. The summed E-state index contributed by atoms with van der Waals surface area (Å²) in [7, 11) is 0. The molecule has 0 fully saturated rings. The molecular formula is C26H46N2. The highest BCUT2D eigenvalue weighted by Crippen LogP contribution is 2.18. The zero-order valence-electron chi connectivity index (χ0n) is 18.8. The Hall–Kier alpha value is -1.31. The van der Waals surface area contributed by atoms with Crippen molar-refractivity contribution in [2.75, 3.05) is 0 Å². The molecule has 1 aromatic carbocycles. The molecule has 0 aliphatic rings. The molecule has 0 aliphatic heterocycles. The van der Waals surface area contributed by atoms with E-state index in [2.05, 4.69) is 19.9 Å². The van der Waals surface area contributed by atoms with E-state index < -0.39 is 0 Å². The van der Waals surface area contributed by atoms with E-state index in [4.69, 9.17) is 11.1 Å². The van der Waals surface area contributed by atoms with Crippen molar-refractivity contribution in [1.82, 2.24) is 0 Å². The average Bonchev–Trinajstić information content (AvgIpc) is 2.68. The maximum atomic E-state index is 7.65. The van der Waals surface area contributed by atoms with Crippen LogP contribution in [0.1, 0.15) is 126 Å². The van der Waals surface area contributed by atoms with Crippen LogP contribution in [-0.4, -0.2) is 5.84 Å². The van der Waals surface area contributed by atoms with Crippen molar-refractivity contribution in [3.05, 3.63) is 34.9 Å². The summed E-state index contributed by atoms with van der Waals surface area (Å²) in [4.78, 5) is 0. The Kier molecular flexibility index (Phi) is 14.7. The summed E-state index contributed by atoms with van der Waals surface area (Å²) in [5, 5.41) is 7.65. The minimum atomic E-state index is 0.186. The Balaban J connectivity index is 1.90. The molecule has 0 radical (unpaired) electrons. The third-order valence-electron chi connectivity index (χ3n) is 6.04. The highest BCUT2D eigenvalue weighted by Gasteiger charge is 2.05. The van der Waals surface area contributed by atoms with Crippen molar-refractivity contribution < 1.29 is 0 Å². The molecule has 0 saturated carbocycles. The SMILES string of the molecule is CCCCCCCCCCCCCCCCCCc1cccc(C(=N)N)c1C. The predicted molar refractivity (Wildman–Crippen MR) is 125 cm³/mol. The van der Waals surface area contributed by atoms with E-state index in [1.807, 2.05) is 12.1 Å². The second-order valence-electron chi connectivity index (χ2n) is 8.56. The topological polar surface area (TPSA) is 49.9 Å². The van der Waals surface area contributed by atoms with Gasteiger partial charge in [-0.2, -0.15) is 0 Å². The van der Waals surface area contributed by atoms with Crippen molar-refractivity contribution in [3.63, 3.8) is 0 Å². The molecule has 0 amide bonds. The molecule has 0 bridgehead atoms. The van der Waals surface area contributed by atoms with Gasteiger partial charge in [-0.1, -0.05) is 121 Å². The highest BCUT2D eigenvalue weighted by atomic mass is 14.7. The van der Waals surface area contributed by atoms with E-state index in [1.54, 1.807) is 0 Å². The largest absolute Gasteiger partial charge is 0.384 e. The lowest BCUT2D eigenvalue weighted by Crippen LogP contribution is -2.13. The Morgan fingerprint density at radius 1 is 0.714 bits per heavy atom. The van der Waals surface area contributed by atoms with Crippen LogP contribution < -0.4 is 5.73 Å². The lowest BCUT2D eigenvalue weighted by atomic mass is 9.97. The fourth-order valence-corrected chi connectivity index (χ4v) is 4.11. The number of amidine groups is 1. The van der Waals surface area contributed by atoms with Crippen molar-refractivity contribution in [2.24, 2.45) is 5.73 Å². The number of nitrogens with one attached hydrogen (secondary N) is 1. The summed E-state index contributed by atoms with van der Waals surface area (Å²) in [5.74, 6) is 0.186. The fraction of sp³-hybridized carbons (Fsp3) is 0.731. The third kappa shape index (κ3) is 11.5. The second kappa shape index (κ2) is 16.6. The number of hydrogen-bond donors (Lipinski definition) is 2. The zero-order valence-corrected chi connectivity index (χ0v) is 18.8. The Morgan fingerprint density at radius 3 is 1.57 bits per heavy atom. The zero-order chi connectivity index (χ0) is 20.5. The van der Waals surface area contributed by atoms with Crippen molar-refractivity contribution in [3.8, 4) is 0 Å². The summed E-state index contributed by atoms with van der Waals surface area (Å²) in [6, 6.07) is 6.17. The molecule has 3 N–H and O–H groups in total. The van der Waals surface area contributed by atoms with Crippen molar-refractivity contribution >= 4 is 5.84 Å². The first-order valence-electron chi connectivity index (χ1n) is 12.1. The van der Waals surface area contributed by atoms with E-state index in [0.29, 0.717) is 0 Å². The molecule has 0 unspecified atom stereocenters. The van der Waals surface area contributed by atoms with E-state index in [-0.39, 0.29) is 5.84 Å². The maximum absolute atomic E-state index is 7.65. The van der Waals surface area contributed by atoms with Crippen LogP contribution in [0.4, 0.5) is 0 Å². The van der Waals surface area contributed by atoms with Crippen molar-refractivity contribution in [1.29, 1.82) is 5.41 Å². The summed E-state index contributed by atoms with van der Waals surface area (Å²) >= 11 is 0. The van der Waals surface area contributed by atoms with Crippen LogP contribution in [0, 0.1) is 12.3 Å². The van der Waals surface area contributed by atoms with Crippen LogP contribution in [0.2, 0.25) is 0 Å². The molecule has 28 heavy (non-hydrogen) atoms. The van der Waals surface area contributed by atoms with Gasteiger partial charge in [0, 0.05) is 5.56 Å². The molecule has 160 valence electrons. The fourth-order valence-electron chi connectivity index (χ4n) is 4.11. The number of hydrogen-bond acceptors (Lipinski definition) is 1. The third-order valence-corrected chi connectivity index (χ3v) is 6.04. The first kappa shape index (κ1) is 24.7. The van der Waals surface area contributed by atoms with Gasteiger partial charge >= 0.3 is 0 Å². The van der Waals surface area contributed by atoms with E-state index in [9.17, 15) is 0 Å². The summed E-state index contributed by atoms with van der Waals surface area (Å²) in [5.41, 5.74) is 9.10. The normalized spacial score (nSPS) is 11.1. The number of rotatable bonds is 18. The number of aryl methyl sites for hydroxylation is 1. The number of benzene rings is 1. The van der Waals surface area contributed by atoms with Gasteiger partial charge in [0.25, 0.3) is 0 Å². The van der Waals surface area contributed by atoms with Crippen LogP contribution in [0.15, 0.2) is 18.2 Å². The van der Waals surface area contributed by atoms with Gasteiger partial charge in [0.05, 0.1) is 0 Å². The van der Waals surface area contributed by atoms with E-state index >= 15 is 0 Å². The van der Waals surface area contributed by atoms with Crippen molar-refractivity contribution in [2.45, 2.75) is 123 Å². The van der Waals surface area contributed by atoms with E-state index in [0.717, 1.165) is 12.0 Å². The molecule has 0 saturated heterocycles. The minimum Gasteiger partial charge on any atom is -0.384 e. The monoisotopic (exact) mass is 386 g/mol. The second-order valence-corrected chi connectivity index (χ2v) is 8.56. The predicted octanol–water partition coefficient (Wildman–Crippen LogP) is 8.08. The molecule has 0 spiro atoms. The van der Waals surface area contributed by atoms with Gasteiger partial charge in [0.1, 0.15) is 5.84 Å². The molecule has 0 heterocycles. The van der Waals surface area contributed by atoms with Crippen LogP contribution in [0.3, 0.4) is 0 Å². The Labute approximate surface area is 175 Å². The molecular weight excluding hydrogens is 340 g/mol. The molecule has 0 atom stereocenters. The first-order valence-corrected chi connectivity index (χ1v) is 12.1. The summed E-state index contributed by atoms with van der Waals surface area (Å²) in [6.45, 7) is 4.38. The standard InChI is InChI=1S/C26H46N2/c1-3-4-5-6-7-8-9-10-11-12-13-14-15-16-17-18-20-24-21-19-22-25(23(24)2)26(27)28/h19,21-22H,3-18,20H2,1-2H3,(H3,27,28). The van der Waals surface area contributed by atoms with Gasteiger partial charge in [0.15, 0.2) is 0 Å². The quantitative estimate of drug-likeness (QED) is 0.149. The number of nitrogen functional groups attached to an aromatic ring is 1. The summed E-state index contributed by atoms with van der Waals surface area (Å²) in [6.07, 6.45) is 23.7. The number of unbranched alkanes of at least 4 members (excludes halogenated alkanes) is 15. The van der Waals surface area contributed by atoms with Crippen LogP contribution in [0.5, 0.6) is 0 Å². The van der Waals surface area contributed by atoms with Gasteiger partial charge in [-0.3, -0.25) is 5.41 Å². The van der Waals surface area contributed by atoms with Gasteiger partial charge < -0.3 is 5.73 Å². The van der Waals surface area contributed by atoms with E-state index in [1.165, 1.54) is 114 Å². The molecule has 0 aliphatic carbocycles. The summed E-state index contributed by atoms with van der Waals surface area (Å²) < 4.78 is 0. The van der Waals surface area contributed by atoms with Crippen LogP contribution in [-0.2, 0) is 6.42 Å². The van der Waals surface area contributed by atoms with Gasteiger partial charge in [-0.15, -0.1) is 0 Å². The van der Waals surface area contributed by atoms with Gasteiger partial charge in [-0.05, 0) is 30.9 Å². The van der Waals surface area contributed by atoms with Gasteiger partial charge in [-0.25, -0.2) is 0 Å². The molecule has 1 aromatic rings. The first-order chi connectivity index (χ1) is 13.7. The lowest BCUT2D eigenvalue weighted by molar-refractivity contribution is 0.529. The Bertz CT molecular complexity index is 521. The lowest BCUT2D eigenvalue weighted by Gasteiger charge is -2.10. The molecule has 1 rings (SSSR count). The Morgan fingerprint density at radius 2 is 1.14 bits per heavy atom. The maximum Gasteiger partial charge on any atom is 0.123 e. The molecule has 0 aromatic heterocycles. The van der Waals surface area contributed by atoms with Crippen LogP contribution in [0.25, 0.3) is 0 Å². The minimum absolute atomic E-state index is 0.186. The average molecular weight is 387 g/mol.